The maximum absolute atomic E-state index is 15.3. The van der Waals surface area contributed by atoms with Gasteiger partial charge in [0, 0.05) is 13.1 Å². The summed E-state index contributed by atoms with van der Waals surface area (Å²) in [5.74, 6) is 0. The number of carbonyl (C=O) groups excluding carboxylic acids is 2. The molecule has 2 atom stereocenters. The number of likely N-dealkylation sites (tertiary alicyclic amines) is 1. The molecule has 1 aliphatic heterocycles. The topological polar surface area (TPSA) is 59.1 Å². The summed E-state index contributed by atoms with van der Waals surface area (Å²) < 4.78 is 26.2. The van der Waals surface area contributed by atoms with Gasteiger partial charge in [0.2, 0.25) is 0 Å². The van der Waals surface area contributed by atoms with Gasteiger partial charge in [0.15, 0.2) is 0 Å². The molecule has 0 unspecified atom stereocenters. The van der Waals surface area contributed by atoms with Crippen LogP contribution in [0.25, 0.3) is 0 Å². The molecular formula is C25H31FN2O4. The molecule has 1 saturated heterocycles. The van der Waals surface area contributed by atoms with Crippen LogP contribution >= 0.6 is 0 Å². The van der Waals surface area contributed by atoms with Crippen molar-refractivity contribution in [3.8, 4) is 0 Å². The smallest absolute Gasteiger partial charge is 0.410 e. The quantitative estimate of drug-likeness (QED) is 0.641. The lowest BCUT2D eigenvalue weighted by atomic mass is 10.0. The van der Waals surface area contributed by atoms with Gasteiger partial charge in [-0.05, 0) is 38.3 Å². The van der Waals surface area contributed by atoms with Crippen LogP contribution in [0, 0.1) is 0 Å². The molecular weight excluding hydrogens is 411 g/mol. The summed E-state index contributed by atoms with van der Waals surface area (Å²) in [5.41, 5.74) is 1.09. The number of ether oxygens (including phenoxy) is 2. The SMILES string of the molecule is CC(C)(C)OC(=O)N1CC[C@@H](N(Cc2ccccc2)C(=O)OCc2ccccc2)[C@H](F)C1. The molecule has 2 aromatic carbocycles. The van der Waals surface area contributed by atoms with Crippen molar-refractivity contribution in [3.63, 3.8) is 0 Å². The summed E-state index contributed by atoms with van der Waals surface area (Å²) in [6.45, 7) is 5.83. The number of piperidine rings is 1. The largest absolute Gasteiger partial charge is 0.445 e. The van der Waals surface area contributed by atoms with E-state index in [1.807, 2.05) is 60.7 Å². The number of halogens is 1. The van der Waals surface area contributed by atoms with E-state index in [1.54, 1.807) is 20.8 Å². The fourth-order valence-electron chi connectivity index (χ4n) is 3.64. The van der Waals surface area contributed by atoms with Gasteiger partial charge in [-0.25, -0.2) is 14.0 Å². The van der Waals surface area contributed by atoms with E-state index in [-0.39, 0.29) is 19.7 Å². The molecule has 1 heterocycles. The first-order valence-electron chi connectivity index (χ1n) is 10.9. The molecule has 32 heavy (non-hydrogen) atoms. The number of hydrogen-bond donors (Lipinski definition) is 0. The zero-order valence-corrected chi connectivity index (χ0v) is 18.9. The highest BCUT2D eigenvalue weighted by Gasteiger charge is 2.39. The van der Waals surface area contributed by atoms with Gasteiger partial charge in [0.25, 0.3) is 0 Å². The first-order valence-corrected chi connectivity index (χ1v) is 10.9. The first kappa shape index (κ1) is 23.6. The number of amides is 2. The predicted molar refractivity (Wildman–Crippen MR) is 120 cm³/mol. The van der Waals surface area contributed by atoms with E-state index in [4.69, 9.17) is 9.47 Å². The van der Waals surface area contributed by atoms with Crippen molar-refractivity contribution in [2.24, 2.45) is 0 Å². The van der Waals surface area contributed by atoms with E-state index in [2.05, 4.69) is 0 Å². The van der Waals surface area contributed by atoms with Crippen molar-refractivity contribution in [3.05, 3.63) is 71.8 Å². The molecule has 0 N–H and O–H groups in total. The Kier molecular flexibility index (Phi) is 7.72. The Bertz CT molecular complexity index is 886. The van der Waals surface area contributed by atoms with Crippen LogP contribution in [0.15, 0.2) is 60.7 Å². The average molecular weight is 443 g/mol. The summed E-state index contributed by atoms with van der Waals surface area (Å²) in [7, 11) is 0. The molecule has 1 aliphatic rings. The van der Waals surface area contributed by atoms with E-state index < -0.39 is 30.0 Å². The lowest BCUT2D eigenvalue weighted by Crippen LogP contribution is -2.55. The van der Waals surface area contributed by atoms with Crippen LogP contribution in [0.1, 0.15) is 38.3 Å². The van der Waals surface area contributed by atoms with Crippen LogP contribution in [-0.4, -0.2) is 52.9 Å². The standard InChI is InChI=1S/C25H31FN2O4/c1-25(2,3)32-23(29)27-15-14-22(21(26)17-27)28(16-19-10-6-4-7-11-19)24(30)31-18-20-12-8-5-9-13-20/h4-13,21-22H,14-18H2,1-3H3/t21-,22-/m1/s1. The average Bonchev–Trinajstić information content (AvgIpc) is 2.76. The van der Waals surface area contributed by atoms with Crippen molar-refractivity contribution < 1.29 is 23.5 Å². The van der Waals surface area contributed by atoms with Crippen molar-refractivity contribution in [2.75, 3.05) is 13.1 Å². The number of alkyl halides is 1. The number of hydrogen-bond acceptors (Lipinski definition) is 4. The highest BCUT2D eigenvalue weighted by atomic mass is 19.1. The van der Waals surface area contributed by atoms with Crippen LogP contribution < -0.4 is 0 Å². The number of rotatable bonds is 5. The van der Waals surface area contributed by atoms with Crippen molar-refractivity contribution in [1.82, 2.24) is 9.80 Å². The summed E-state index contributed by atoms with van der Waals surface area (Å²) in [6, 6.07) is 18.1. The minimum Gasteiger partial charge on any atom is -0.445 e. The second-order valence-corrected chi connectivity index (χ2v) is 8.95. The Morgan fingerprint density at radius 2 is 1.62 bits per heavy atom. The Morgan fingerprint density at radius 3 is 2.19 bits per heavy atom. The molecule has 1 fully saturated rings. The van der Waals surface area contributed by atoms with Gasteiger partial charge in [-0.1, -0.05) is 60.7 Å². The van der Waals surface area contributed by atoms with E-state index in [1.165, 1.54) is 9.80 Å². The lowest BCUT2D eigenvalue weighted by molar-refractivity contribution is -0.00786. The summed E-state index contributed by atoms with van der Waals surface area (Å²) in [4.78, 5) is 28.2. The third kappa shape index (κ3) is 6.70. The predicted octanol–water partition coefficient (Wildman–Crippen LogP) is 5.17. The second kappa shape index (κ2) is 10.5. The lowest BCUT2D eigenvalue weighted by Gasteiger charge is -2.40. The van der Waals surface area contributed by atoms with Crippen molar-refractivity contribution >= 4 is 12.2 Å². The van der Waals surface area contributed by atoms with Crippen LogP contribution in [0.4, 0.5) is 14.0 Å². The monoisotopic (exact) mass is 442 g/mol. The van der Waals surface area contributed by atoms with Gasteiger partial charge >= 0.3 is 12.2 Å². The molecule has 2 amide bonds. The van der Waals surface area contributed by atoms with Gasteiger partial charge in [-0.2, -0.15) is 0 Å². The Labute approximate surface area is 188 Å². The maximum Gasteiger partial charge on any atom is 0.410 e. The Morgan fingerprint density at radius 1 is 1.03 bits per heavy atom. The fraction of sp³-hybridized carbons (Fsp3) is 0.440. The van der Waals surface area contributed by atoms with Gasteiger partial charge < -0.3 is 14.4 Å². The minimum absolute atomic E-state index is 0.110. The normalized spacial score (nSPS) is 18.7. The molecule has 2 aromatic rings. The van der Waals surface area contributed by atoms with Gasteiger partial charge in [-0.15, -0.1) is 0 Å². The van der Waals surface area contributed by atoms with E-state index in [0.717, 1.165) is 11.1 Å². The number of benzene rings is 2. The minimum atomic E-state index is -1.41. The van der Waals surface area contributed by atoms with E-state index in [0.29, 0.717) is 13.0 Å². The Hall–Kier alpha value is -3.09. The zero-order valence-electron chi connectivity index (χ0n) is 18.9. The first-order chi connectivity index (χ1) is 15.2. The molecule has 172 valence electrons. The van der Waals surface area contributed by atoms with Gasteiger partial charge in [-0.3, -0.25) is 4.90 Å². The zero-order chi connectivity index (χ0) is 23.1. The van der Waals surface area contributed by atoms with Crippen LogP contribution in [0.3, 0.4) is 0 Å². The number of nitrogens with zero attached hydrogens (tertiary/aromatic N) is 2. The van der Waals surface area contributed by atoms with Crippen molar-refractivity contribution in [1.29, 1.82) is 0 Å². The third-order valence-electron chi connectivity index (χ3n) is 5.19. The molecule has 7 heteroatoms. The highest BCUT2D eigenvalue weighted by molar-refractivity contribution is 5.69. The molecule has 6 nitrogen and oxygen atoms in total. The summed E-state index contributed by atoms with van der Waals surface area (Å²) in [6.07, 6.45) is -2.23. The number of carbonyl (C=O) groups is 2. The molecule has 0 aromatic heterocycles. The van der Waals surface area contributed by atoms with Crippen LogP contribution in [0.5, 0.6) is 0 Å². The van der Waals surface area contributed by atoms with E-state index in [9.17, 15) is 9.59 Å². The second-order valence-electron chi connectivity index (χ2n) is 8.95. The fourth-order valence-corrected chi connectivity index (χ4v) is 3.64. The maximum atomic E-state index is 15.3. The van der Waals surface area contributed by atoms with E-state index >= 15 is 4.39 Å². The van der Waals surface area contributed by atoms with Crippen LogP contribution in [-0.2, 0) is 22.6 Å². The third-order valence-corrected chi connectivity index (χ3v) is 5.19. The molecule has 0 bridgehead atoms. The van der Waals surface area contributed by atoms with Crippen LogP contribution in [0.2, 0.25) is 0 Å². The molecule has 0 saturated carbocycles. The molecule has 0 spiro atoms. The Balaban J connectivity index is 1.70. The summed E-state index contributed by atoms with van der Waals surface area (Å²) >= 11 is 0. The highest BCUT2D eigenvalue weighted by Crippen LogP contribution is 2.24. The molecule has 0 radical (unpaired) electrons. The van der Waals surface area contributed by atoms with Gasteiger partial charge in [0.05, 0.1) is 12.6 Å². The molecule has 3 rings (SSSR count). The van der Waals surface area contributed by atoms with Gasteiger partial charge in [0.1, 0.15) is 18.4 Å². The van der Waals surface area contributed by atoms with Crippen molar-refractivity contribution in [2.45, 2.75) is 58.2 Å². The summed E-state index contributed by atoms with van der Waals surface area (Å²) in [5, 5.41) is 0. The molecule has 0 aliphatic carbocycles.